The first kappa shape index (κ1) is 15.2. The average Bonchev–Trinajstić information content (AvgIpc) is 3.27. The highest BCUT2D eigenvalue weighted by molar-refractivity contribution is 5.66. The van der Waals surface area contributed by atoms with Crippen LogP contribution in [0.4, 0.5) is 0 Å². The summed E-state index contributed by atoms with van der Waals surface area (Å²) in [6.45, 7) is 4.36. The summed E-state index contributed by atoms with van der Waals surface area (Å²) in [7, 11) is 0. The second kappa shape index (κ2) is 6.62. The van der Waals surface area contributed by atoms with Gasteiger partial charge in [0.1, 0.15) is 0 Å². The summed E-state index contributed by atoms with van der Waals surface area (Å²) in [4.78, 5) is 0. The van der Waals surface area contributed by atoms with Crippen LogP contribution < -0.4 is 5.32 Å². The van der Waals surface area contributed by atoms with Crippen LogP contribution in [0.2, 0.25) is 0 Å². The third-order valence-electron chi connectivity index (χ3n) is 4.88. The van der Waals surface area contributed by atoms with Gasteiger partial charge in [-0.3, -0.25) is 0 Å². The van der Waals surface area contributed by atoms with Crippen LogP contribution in [-0.4, -0.2) is 22.9 Å². The van der Waals surface area contributed by atoms with Crippen molar-refractivity contribution in [3.05, 3.63) is 72.1 Å². The first-order valence-electron chi connectivity index (χ1n) is 8.71. The van der Waals surface area contributed by atoms with E-state index in [0.717, 1.165) is 25.2 Å². The SMILES string of the molecule is Cc1ccc(-c2cnn(-c3ccccc3)c2CC2CCNC2)cc1. The summed E-state index contributed by atoms with van der Waals surface area (Å²) >= 11 is 0. The van der Waals surface area contributed by atoms with Crippen molar-refractivity contribution in [1.82, 2.24) is 15.1 Å². The Morgan fingerprint density at radius 1 is 1.08 bits per heavy atom. The van der Waals surface area contributed by atoms with Gasteiger partial charge in [-0.15, -0.1) is 0 Å². The standard InChI is InChI=1S/C21H23N3/c1-16-7-9-18(10-8-16)20-15-23-24(19-5-3-2-4-6-19)21(20)13-17-11-12-22-14-17/h2-10,15,17,22H,11-14H2,1H3. The molecule has 1 aliphatic heterocycles. The Bertz CT molecular complexity index is 797. The van der Waals surface area contributed by atoms with Crippen LogP contribution in [0.3, 0.4) is 0 Å². The Morgan fingerprint density at radius 2 is 1.88 bits per heavy atom. The lowest BCUT2D eigenvalue weighted by molar-refractivity contribution is 0.561. The number of benzene rings is 2. The fourth-order valence-corrected chi connectivity index (χ4v) is 3.50. The molecule has 0 saturated carbocycles. The van der Waals surface area contributed by atoms with E-state index < -0.39 is 0 Å². The highest BCUT2D eigenvalue weighted by Crippen LogP contribution is 2.29. The number of para-hydroxylation sites is 1. The summed E-state index contributed by atoms with van der Waals surface area (Å²) < 4.78 is 2.12. The fourth-order valence-electron chi connectivity index (χ4n) is 3.50. The quantitative estimate of drug-likeness (QED) is 0.788. The van der Waals surface area contributed by atoms with Crippen molar-refractivity contribution < 1.29 is 0 Å². The molecule has 1 N–H and O–H groups in total. The van der Waals surface area contributed by atoms with Gasteiger partial charge in [0.05, 0.1) is 17.6 Å². The number of aromatic nitrogens is 2. The molecule has 3 nitrogen and oxygen atoms in total. The normalized spacial score (nSPS) is 17.3. The molecule has 0 amide bonds. The molecule has 122 valence electrons. The summed E-state index contributed by atoms with van der Waals surface area (Å²) in [5, 5.41) is 8.20. The predicted octanol–water partition coefficient (Wildman–Crippen LogP) is 4.00. The number of nitrogens with zero attached hydrogens (tertiary/aromatic N) is 2. The fraction of sp³-hybridized carbons (Fsp3) is 0.286. The van der Waals surface area contributed by atoms with Gasteiger partial charge < -0.3 is 5.32 Å². The Hall–Kier alpha value is -2.39. The van der Waals surface area contributed by atoms with Crippen LogP contribution in [0.25, 0.3) is 16.8 Å². The second-order valence-electron chi connectivity index (χ2n) is 6.68. The van der Waals surface area contributed by atoms with E-state index in [-0.39, 0.29) is 0 Å². The molecule has 2 aromatic carbocycles. The van der Waals surface area contributed by atoms with Crippen molar-refractivity contribution >= 4 is 0 Å². The lowest BCUT2D eigenvalue weighted by Crippen LogP contribution is -2.13. The zero-order valence-corrected chi connectivity index (χ0v) is 14.1. The summed E-state index contributed by atoms with van der Waals surface area (Å²) in [6, 6.07) is 19.2. The number of aryl methyl sites for hydroxylation is 1. The lowest BCUT2D eigenvalue weighted by Gasteiger charge is -2.14. The molecule has 3 aromatic rings. The Labute approximate surface area is 143 Å². The predicted molar refractivity (Wildman–Crippen MR) is 98.4 cm³/mol. The summed E-state index contributed by atoms with van der Waals surface area (Å²) in [6.07, 6.45) is 4.33. The zero-order valence-electron chi connectivity index (χ0n) is 14.1. The minimum absolute atomic E-state index is 0.688. The van der Waals surface area contributed by atoms with E-state index in [1.54, 1.807) is 0 Å². The smallest absolute Gasteiger partial charge is 0.0649 e. The van der Waals surface area contributed by atoms with Crippen molar-refractivity contribution in [3.63, 3.8) is 0 Å². The van der Waals surface area contributed by atoms with Gasteiger partial charge in [-0.25, -0.2) is 4.68 Å². The van der Waals surface area contributed by atoms with Gasteiger partial charge in [0.15, 0.2) is 0 Å². The molecule has 0 aliphatic carbocycles. The average molecular weight is 317 g/mol. The molecule has 24 heavy (non-hydrogen) atoms. The summed E-state index contributed by atoms with van der Waals surface area (Å²) in [5.41, 5.74) is 6.25. The van der Waals surface area contributed by atoms with Gasteiger partial charge >= 0.3 is 0 Å². The van der Waals surface area contributed by atoms with Gasteiger partial charge in [0, 0.05) is 5.56 Å². The van der Waals surface area contributed by atoms with E-state index in [2.05, 4.69) is 71.5 Å². The van der Waals surface area contributed by atoms with Crippen molar-refractivity contribution in [3.8, 4) is 16.8 Å². The van der Waals surface area contributed by atoms with Gasteiger partial charge in [-0.2, -0.15) is 5.10 Å². The molecule has 1 atom stereocenters. The molecule has 2 heterocycles. The first-order chi connectivity index (χ1) is 11.8. The minimum Gasteiger partial charge on any atom is -0.316 e. The molecule has 1 fully saturated rings. The Balaban J connectivity index is 1.78. The van der Waals surface area contributed by atoms with E-state index >= 15 is 0 Å². The third-order valence-corrected chi connectivity index (χ3v) is 4.88. The highest BCUT2D eigenvalue weighted by Gasteiger charge is 2.21. The zero-order chi connectivity index (χ0) is 16.4. The first-order valence-corrected chi connectivity index (χ1v) is 8.71. The van der Waals surface area contributed by atoms with Crippen LogP contribution >= 0.6 is 0 Å². The van der Waals surface area contributed by atoms with Crippen LogP contribution in [0.5, 0.6) is 0 Å². The molecule has 1 aromatic heterocycles. The van der Waals surface area contributed by atoms with Crippen molar-refractivity contribution in [2.24, 2.45) is 5.92 Å². The Kier molecular flexibility index (Phi) is 4.18. The molecule has 0 radical (unpaired) electrons. The van der Waals surface area contributed by atoms with Gasteiger partial charge in [-0.05, 0) is 56.5 Å². The number of nitrogens with one attached hydrogen (secondary N) is 1. The molecule has 0 spiro atoms. The Morgan fingerprint density at radius 3 is 2.58 bits per heavy atom. The molecule has 4 rings (SSSR count). The van der Waals surface area contributed by atoms with Gasteiger partial charge in [0.25, 0.3) is 0 Å². The van der Waals surface area contributed by atoms with E-state index in [1.165, 1.54) is 28.8 Å². The largest absolute Gasteiger partial charge is 0.316 e. The van der Waals surface area contributed by atoms with Crippen LogP contribution in [0.15, 0.2) is 60.8 Å². The number of hydrogen-bond donors (Lipinski definition) is 1. The maximum absolute atomic E-state index is 4.72. The molecule has 0 bridgehead atoms. The topological polar surface area (TPSA) is 29.9 Å². The molecular weight excluding hydrogens is 294 g/mol. The monoisotopic (exact) mass is 317 g/mol. The summed E-state index contributed by atoms with van der Waals surface area (Å²) in [5.74, 6) is 0.688. The molecule has 3 heteroatoms. The van der Waals surface area contributed by atoms with Gasteiger partial charge in [-0.1, -0.05) is 48.0 Å². The van der Waals surface area contributed by atoms with Crippen molar-refractivity contribution in [2.75, 3.05) is 13.1 Å². The molecule has 1 unspecified atom stereocenters. The van der Waals surface area contributed by atoms with E-state index in [1.807, 2.05) is 6.20 Å². The maximum atomic E-state index is 4.72. The van der Waals surface area contributed by atoms with E-state index in [9.17, 15) is 0 Å². The molecule has 1 saturated heterocycles. The second-order valence-corrected chi connectivity index (χ2v) is 6.68. The van der Waals surface area contributed by atoms with Crippen molar-refractivity contribution in [2.45, 2.75) is 19.8 Å². The number of hydrogen-bond acceptors (Lipinski definition) is 2. The van der Waals surface area contributed by atoms with E-state index in [0.29, 0.717) is 5.92 Å². The lowest BCUT2D eigenvalue weighted by atomic mass is 9.96. The van der Waals surface area contributed by atoms with E-state index in [4.69, 9.17) is 5.10 Å². The van der Waals surface area contributed by atoms with Crippen molar-refractivity contribution in [1.29, 1.82) is 0 Å². The molecular formula is C21H23N3. The van der Waals surface area contributed by atoms with Crippen LogP contribution in [0, 0.1) is 12.8 Å². The minimum atomic E-state index is 0.688. The van der Waals surface area contributed by atoms with Gasteiger partial charge in [0.2, 0.25) is 0 Å². The maximum Gasteiger partial charge on any atom is 0.0649 e. The highest BCUT2D eigenvalue weighted by atomic mass is 15.3. The number of rotatable bonds is 4. The van der Waals surface area contributed by atoms with Crippen LogP contribution in [0.1, 0.15) is 17.7 Å². The van der Waals surface area contributed by atoms with Crippen LogP contribution in [-0.2, 0) is 6.42 Å². The molecule has 1 aliphatic rings. The third kappa shape index (κ3) is 3.00.